The van der Waals surface area contributed by atoms with Crippen molar-refractivity contribution in [1.82, 2.24) is 9.88 Å². The van der Waals surface area contributed by atoms with Crippen molar-refractivity contribution >= 4 is 17.5 Å². The zero-order valence-corrected chi connectivity index (χ0v) is 16.0. The Morgan fingerprint density at radius 2 is 1.62 bits per heavy atom. The summed E-state index contributed by atoms with van der Waals surface area (Å²) in [7, 11) is 2.19. The number of hydrogen-bond acceptors (Lipinski definition) is 7. The molecule has 0 N–H and O–H groups in total. The van der Waals surface area contributed by atoms with Gasteiger partial charge in [0.2, 0.25) is 5.88 Å². The number of carbonyl (C=O) groups excluding carboxylic acids is 2. The predicted octanol–water partition coefficient (Wildman–Crippen LogP) is 0.757. The van der Waals surface area contributed by atoms with E-state index in [1.165, 1.54) is 16.7 Å². The highest BCUT2D eigenvalue weighted by Crippen LogP contribution is 2.45. The van der Waals surface area contributed by atoms with E-state index in [1.54, 1.807) is 6.20 Å². The van der Waals surface area contributed by atoms with Crippen molar-refractivity contribution in [3.63, 3.8) is 0 Å². The van der Waals surface area contributed by atoms with Gasteiger partial charge in [-0.25, -0.2) is 4.98 Å². The maximum absolute atomic E-state index is 9.41. The molecule has 0 spiro atoms. The number of para-hydroxylation sites is 1. The number of likely N-dealkylation sites (tertiary alicyclic amines) is 1. The van der Waals surface area contributed by atoms with Crippen LogP contribution in [0.4, 0.5) is 0 Å². The number of carboxylic acid groups (broad SMARTS) is 2. The van der Waals surface area contributed by atoms with Gasteiger partial charge in [0.15, 0.2) is 0 Å². The summed E-state index contributed by atoms with van der Waals surface area (Å²) in [6.07, 6.45) is 4.80. The fourth-order valence-electron chi connectivity index (χ4n) is 3.33. The molecule has 2 aliphatic heterocycles. The van der Waals surface area contributed by atoms with E-state index in [2.05, 4.69) is 35.1 Å². The Morgan fingerprint density at radius 3 is 2.28 bits per heavy atom. The third kappa shape index (κ3) is 5.08. The number of fused-ring (bicyclic) bond motifs is 2. The maximum Gasteiger partial charge on any atom is 0.227 e. The van der Waals surface area contributed by atoms with Crippen LogP contribution >= 0.6 is 0 Å². The highest BCUT2D eigenvalue weighted by Gasteiger charge is 2.26. The molecule has 1 fully saturated rings. The van der Waals surface area contributed by atoms with Gasteiger partial charge in [0.25, 0.3) is 0 Å². The monoisotopic (exact) mass is 392 g/mol. The van der Waals surface area contributed by atoms with Crippen molar-refractivity contribution in [2.45, 2.75) is 12.8 Å². The smallest absolute Gasteiger partial charge is 0.227 e. The largest absolute Gasteiger partial charge is 0.545 e. The normalized spacial score (nSPS) is 15.6. The predicted molar refractivity (Wildman–Crippen MR) is 103 cm³/mol. The van der Waals surface area contributed by atoms with Gasteiger partial charge in [0.05, 0.1) is 11.9 Å². The summed E-state index contributed by atoms with van der Waals surface area (Å²) in [4.78, 5) is 25.6. The molecule has 0 unspecified atom stereocenters. The van der Waals surface area contributed by atoms with Crippen LogP contribution in [-0.2, 0) is 9.59 Å². The molecule has 0 amide bonds. The molecule has 1 saturated heterocycles. The Balaban J connectivity index is 0.000000258. The van der Waals surface area contributed by atoms with Crippen LogP contribution in [0, 0.1) is 0 Å². The molecular formula is C22H20N2O5-2. The van der Waals surface area contributed by atoms with E-state index in [1.807, 2.05) is 18.2 Å². The van der Waals surface area contributed by atoms with Gasteiger partial charge in [-0.05, 0) is 55.8 Å². The lowest BCUT2D eigenvalue weighted by Crippen LogP contribution is -2.27. The Morgan fingerprint density at radius 1 is 1.00 bits per heavy atom. The van der Waals surface area contributed by atoms with Crippen molar-refractivity contribution in [1.29, 1.82) is 0 Å². The summed E-state index contributed by atoms with van der Waals surface area (Å²) in [6, 6.07) is 12.4. The molecule has 4 rings (SSSR count). The van der Waals surface area contributed by atoms with Crippen molar-refractivity contribution in [3.8, 4) is 11.6 Å². The molecule has 150 valence electrons. The average molecular weight is 392 g/mol. The fourth-order valence-corrected chi connectivity index (χ4v) is 3.33. The first-order chi connectivity index (χ1) is 14.0. The number of benzene rings is 1. The Kier molecular flexibility index (Phi) is 6.41. The van der Waals surface area contributed by atoms with Gasteiger partial charge < -0.3 is 29.4 Å². The maximum atomic E-state index is 9.41. The van der Waals surface area contributed by atoms with E-state index >= 15 is 0 Å². The minimum Gasteiger partial charge on any atom is -0.545 e. The third-order valence-corrected chi connectivity index (χ3v) is 4.70. The summed E-state index contributed by atoms with van der Waals surface area (Å²) >= 11 is 0. The second kappa shape index (κ2) is 9.16. The molecule has 0 atom stereocenters. The van der Waals surface area contributed by atoms with Crippen molar-refractivity contribution < 1.29 is 24.5 Å². The van der Waals surface area contributed by atoms with Crippen LogP contribution in [0.5, 0.6) is 11.6 Å². The molecule has 1 aromatic carbocycles. The van der Waals surface area contributed by atoms with Gasteiger partial charge in [0, 0.05) is 30.4 Å². The molecule has 7 heteroatoms. The van der Waals surface area contributed by atoms with Gasteiger partial charge in [-0.2, -0.15) is 0 Å². The van der Waals surface area contributed by atoms with E-state index in [-0.39, 0.29) is 0 Å². The number of aromatic nitrogens is 1. The number of carbonyl (C=O) groups is 2. The molecule has 3 heterocycles. The number of carboxylic acids is 2. The van der Waals surface area contributed by atoms with E-state index in [0.717, 1.165) is 43.1 Å². The minimum atomic E-state index is -1.55. The van der Waals surface area contributed by atoms with Crippen LogP contribution in [0.25, 0.3) is 5.57 Å². The van der Waals surface area contributed by atoms with Gasteiger partial charge in [-0.15, -0.1) is 0 Å². The van der Waals surface area contributed by atoms with E-state index in [9.17, 15) is 19.8 Å². The lowest BCUT2D eigenvalue weighted by atomic mass is 9.87. The third-order valence-electron chi connectivity index (χ3n) is 4.70. The highest BCUT2D eigenvalue weighted by molar-refractivity contribution is 5.89. The zero-order chi connectivity index (χ0) is 20.8. The second-order valence-electron chi connectivity index (χ2n) is 6.71. The minimum absolute atomic E-state index is 0.384. The van der Waals surface area contributed by atoms with Crippen LogP contribution in [0.15, 0.2) is 60.3 Å². The molecule has 1 aromatic heterocycles. The van der Waals surface area contributed by atoms with E-state index in [0.29, 0.717) is 12.2 Å². The Labute approximate surface area is 168 Å². The van der Waals surface area contributed by atoms with Crippen molar-refractivity contribution in [2.24, 2.45) is 0 Å². The summed E-state index contributed by atoms with van der Waals surface area (Å²) in [6.45, 7) is 2.24. The summed E-state index contributed by atoms with van der Waals surface area (Å²) in [5.41, 5.74) is 5.21. The molecule has 0 bridgehead atoms. The number of ether oxygens (including phenoxy) is 1. The molecule has 2 aromatic rings. The lowest BCUT2D eigenvalue weighted by molar-refractivity contribution is -0.301. The van der Waals surface area contributed by atoms with E-state index in [4.69, 9.17) is 4.74 Å². The molecule has 7 nitrogen and oxygen atoms in total. The first-order valence-corrected chi connectivity index (χ1v) is 9.19. The first-order valence-electron chi connectivity index (χ1n) is 9.19. The van der Waals surface area contributed by atoms with Crippen LogP contribution in [0.3, 0.4) is 0 Å². The molecule has 29 heavy (non-hydrogen) atoms. The first kappa shape index (κ1) is 20.3. The number of pyridine rings is 1. The number of piperidine rings is 1. The molecule has 0 saturated carbocycles. The van der Waals surface area contributed by atoms with Crippen LogP contribution in [0.1, 0.15) is 24.0 Å². The lowest BCUT2D eigenvalue weighted by Gasteiger charge is -2.29. The topological polar surface area (TPSA) is 106 Å². The van der Waals surface area contributed by atoms with Crippen LogP contribution in [-0.4, -0.2) is 42.0 Å². The van der Waals surface area contributed by atoms with Gasteiger partial charge in [0.1, 0.15) is 5.75 Å². The van der Waals surface area contributed by atoms with Gasteiger partial charge in [-0.1, -0.05) is 23.8 Å². The quantitative estimate of drug-likeness (QED) is 0.593. The number of nitrogens with zero attached hydrogens (tertiary/aromatic N) is 2. The zero-order valence-electron chi connectivity index (χ0n) is 16.0. The standard InChI is InChI=1S/C18H18N2O.C4H4O4/c1-20-11-8-13(9-12-20)17-14-5-2-3-7-16(14)21-18-15(17)6-4-10-19-18;5-3(6)1-2-4(7)8/h2-7,10H,8-9,11-12H2,1H3;1-2H,(H,5,6)(H,7,8)/p-2/b;2-1-. The van der Waals surface area contributed by atoms with Crippen molar-refractivity contribution in [3.05, 3.63) is 71.4 Å². The highest BCUT2D eigenvalue weighted by atomic mass is 16.5. The number of hydrogen-bond donors (Lipinski definition) is 0. The Hall–Kier alpha value is -3.45. The van der Waals surface area contributed by atoms with Crippen LogP contribution < -0.4 is 14.9 Å². The number of rotatable bonds is 2. The SMILES string of the molecule is CN1CCC(=C2c3ccccc3Oc3ncccc32)CC1.O=C([O-])/C=C\C(=O)[O-]. The van der Waals surface area contributed by atoms with Gasteiger partial charge >= 0.3 is 0 Å². The molecule has 2 aliphatic rings. The van der Waals surface area contributed by atoms with E-state index < -0.39 is 11.9 Å². The van der Waals surface area contributed by atoms with Crippen molar-refractivity contribution in [2.75, 3.05) is 20.1 Å². The van der Waals surface area contributed by atoms with Crippen LogP contribution in [0.2, 0.25) is 0 Å². The van der Waals surface area contributed by atoms with Gasteiger partial charge in [-0.3, -0.25) is 0 Å². The summed E-state index contributed by atoms with van der Waals surface area (Å²) in [5.74, 6) is -1.44. The Bertz CT molecular complexity index is 907. The molecular weight excluding hydrogens is 372 g/mol. The number of aliphatic carboxylic acids is 2. The summed E-state index contributed by atoms with van der Waals surface area (Å²) in [5, 5.41) is 18.8. The second-order valence-corrected chi connectivity index (χ2v) is 6.71. The molecule has 0 radical (unpaired) electrons. The molecule has 0 aliphatic carbocycles. The summed E-state index contributed by atoms with van der Waals surface area (Å²) < 4.78 is 5.96. The fraction of sp³-hybridized carbons (Fsp3) is 0.227. The average Bonchev–Trinajstić information content (AvgIpc) is 2.72.